The van der Waals surface area contributed by atoms with Crippen LogP contribution in [0.15, 0.2) is 48.8 Å². The van der Waals surface area contributed by atoms with Gasteiger partial charge in [0.25, 0.3) is 0 Å². The molecule has 3 aromatic heterocycles. The topological polar surface area (TPSA) is 104 Å². The summed E-state index contributed by atoms with van der Waals surface area (Å²) in [6.07, 6.45) is 14.8. The number of nitrogens with one attached hydrogen (secondary N) is 1. The molecule has 5 aromatic rings. The van der Waals surface area contributed by atoms with Gasteiger partial charge < -0.3 is 20.1 Å². The molecule has 4 saturated heterocycles. The number of phenolic OH excluding ortho intramolecular Hbond substituents is 1. The molecule has 11 heteroatoms. The second kappa shape index (κ2) is 10.4. The molecule has 48 heavy (non-hydrogen) atoms. The Bertz CT molecular complexity index is 2170. The average Bonchev–Trinajstić information content (AvgIpc) is 3.90. The number of aromatic hydroxyl groups is 1. The van der Waals surface area contributed by atoms with Crippen molar-refractivity contribution in [3.63, 3.8) is 0 Å². The highest BCUT2D eigenvalue weighted by Crippen LogP contribution is 2.55. The third kappa shape index (κ3) is 4.12. The van der Waals surface area contributed by atoms with E-state index in [1.54, 1.807) is 12.3 Å². The molecule has 10 nitrogen and oxygen atoms in total. The Morgan fingerprint density at radius 2 is 2.00 bits per heavy atom. The molecule has 0 spiro atoms. The highest BCUT2D eigenvalue weighted by atomic mass is 19.1. The minimum absolute atomic E-state index is 0.00131. The highest BCUT2D eigenvalue weighted by Gasteiger charge is 2.57. The maximum atomic E-state index is 17.0. The van der Waals surface area contributed by atoms with Crippen LogP contribution in [0, 0.1) is 24.1 Å². The van der Waals surface area contributed by atoms with Crippen LogP contribution in [-0.4, -0.2) is 78.6 Å². The lowest BCUT2D eigenvalue weighted by Crippen LogP contribution is -2.51. The van der Waals surface area contributed by atoms with Crippen molar-refractivity contribution in [2.45, 2.75) is 62.3 Å². The minimum Gasteiger partial charge on any atom is -0.508 e. The molecule has 4 fully saturated rings. The number of pyridine rings is 1. The number of terminal acetylenes is 1. The molecule has 5 atom stereocenters. The molecule has 0 aliphatic carbocycles. The Hall–Kier alpha value is -4.79. The maximum Gasteiger partial charge on any atom is 0.319 e. The molecule has 242 valence electrons. The van der Waals surface area contributed by atoms with Gasteiger partial charge in [-0.05, 0) is 68.3 Å². The van der Waals surface area contributed by atoms with Crippen molar-refractivity contribution >= 4 is 27.5 Å². The van der Waals surface area contributed by atoms with Gasteiger partial charge in [0.15, 0.2) is 5.82 Å². The second-order valence-corrected chi connectivity index (χ2v) is 14.3. The summed E-state index contributed by atoms with van der Waals surface area (Å²) in [6.45, 7) is 3.92. The number of piperazine rings is 1. The van der Waals surface area contributed by atoms with Gasteiger partial charge in [-0.2, -0.15) is 15.1 Å². The van der Waals surface area contributed by atoms with E-state index in [0.717, 1.165) is 58.3 Å². The fourth-order valence-electron chi connectivity index (χ4n) is 9.62. The van der Waals surface area contributed by atoms with Crippen LogP contribution in [0.2, 0.25) is 0 Å². The molecule has 2 bridgehead atoms. The van der Waals surface area contributed by atoms with Gasteiger partial charge in [-0.1, -0.05) is 18.1 Å². The van der Waals surface area contributed by atoms with E-state index in [2.05, 4.69) is 41.9 Å². The molecule has 5 aliphatic heterocycles. The fraction of sp³-hybridized carbons (Fsp3) is 0.405. The van der Waals surface area contributed by atoms with E-state index in [9.17, 15) is 5.11 Å². The van der Waals surface area contributed by atoms with Crippen LogP contribution in [0.1, 0.15) is 49.4 Å². The van der Waals surface area contributed by atoms with Crippen molar-refractivity contribution in [3.8, 4) is 35.4 Å². The van der Waals surface area contributed by atoms with Crippen molar-refractivity contribution < 1.29 is 14.2 Å². The second-order valence-electron chi connectivity index (χ2n) is 14.3. The smallest absolute Gasteiger partial charge is 0.319 e. The third-order valence-corrected chi connectivity index (χ3v) is 11.5. The van der Waals surface area contributed by atoms with E-state index in [0.29, 0.717) is 63.8 Å². The number of fused-ring (bicyclic) bond motifs is 9. The molecule has 0 unspecified atom stereocenters. The summed E-state index contributed by atoms with van der Waals surface area (Å²) in [5.41, 5.74) is 2.40. The average molecular weight is 643 g/mol. The zero-order valence-electron chi connectivity index (χ0n) is 26.4. The van der Waals surface area contributed by atoms with Crippen LogP contribution in [0.5, 0.6) is 11.8 Å². The van der Waals surface area contributed by atoms with Crippen LogP contribution in [0.4, 0.5) is 10.2 Å². The fourth-order valence-corrected chi connectivity index (χ4v) is 9.62. The SMILES string of the molecule is C#Cc1cccc2cc(O)cc(-c3ncc4c(N5C[C@H]6CC[C@@H](C5)N6)nc(OC[C@]56CCCN5[C@H]5c7ccnn7C[C@H]5C6)nc4c3F)c12. The van der Waals surface area contributed by atoms with Crippen molar-refractivity contribution in [2.75, 3.05) is 31.1 Å². The van der Waals surface area contributed by atoms with Crippen LogP contribution >= 0.6 is 0 Å². The Morgan fingerprint density at radius 3 is 2.85 bits per heavy atom. The van der Waals surface area contributed by atoms with E-state index in [4.69, 9.17) is 21.1 Å². The number of hydrogen-bond donors (Lipinski definition) is 2. The van der Waals surface area contributed by atoms with Crippen LogP contribution in [0.3, 0.4) is 0 Å². The molecule has 5 aliphatic rings. The van der Waals surface area contributed by atoms with Crippen molar-refractivity contribution in [1.29, 1.82) is 0 Å². The Labute approximate surface area is 276 Å². The highest BCUT2D eigenvalue weighted by molar-refractivity contribution is 6.02. The molecule has 0 amide bonds. The maximum absolute atomic E-state index is 17.0. The third-order valence-electron chi connectivity index (χ3n) is 11.5. The lowest BCUT2D eigenvalue weighted by Gasteiger charge is -2.35. The molecular weight excluding hydrogens is 607 g/mol. The number of hydrogen-bond acceptors (Lipinski definition) is 9. The minimum atomic E-state index is -0.595. The molecule has 2 aromatic carbocycles. The summed E-state index contributed by atoms with van der Waals surface area (Å²) in [6, 6.07) is 12.0. The van der Waals surface area contributed by atoms with Crippen LogP contribution in [0.25, 0.3) is 32.9 Å². The van der Waals surface area contributed by atoms with E-state index in [1.165, 1.54) is 11.8 Å². The number of aromatic nitrogens is 5. The lowest BCUT2D eigenvalue weighted by atomic mass is 9.90. The Morgan fingerprint density at radius 1 is 1.12 bits per heavy atom. The molecule has 0 radical (unpaired) electrons. The summed E-state index contributed by atoms with van der Waals surface area (Å²) in [5.74, 6) is 3.26. The van der Waals surface area contributed by atoms with Gasteiger partial charge in [-0.25, -0.2) is 4.39 Å². The molecule has 10 rings (SSSR count). The number of anilines is 1. The van der Waals surface area contributed by atoms with Gasteiger partial charge in [-0.3, -0.25) is 14.6 Å². The summed E-state index contributed by atoms with van der Waals surface area (Å²) < 4.78 is 25.7. The normalized spacial score (nSPS) is 27.4. The number of halogens is 1. The van der Waals surface area contributed by atoms with Gasteiger partial charge in [0.2, 0.25) is 0 Å². The predicted molar refractivity (Wildman–Crippen MR) is 179 cm³/mol. The summed E-state index contributed by atoms with van der Waals surface area (Å²) >= 11 is 0. The van der Waals surface area contributed by atoms with Gasteiger partial charge in [0, 0.05) is 66.5 Å². The Kier molecular flexibility index (Phi) is 6.09. The number of phenols is 1. The molecule has 2 N–H and O–H groups in total. The molecular formula is C37H35FN8O2. The zero-order valence-corrected chi connectivity index (χ0v) is 26.4. The molecule has 8 heterocycles. The van der Waals surface area contributed by atoms with Crippen LogP contribution in [-0.2, 0) is 6.54 Å². The summed E-state index contributed by atoms with van der Waals surface area (Å²) in [4.78, 5) is 19.2. The number of ether oxygens (including phenoxy) is 1. The van der Waals surface area contributed by atoms with Crippen molar-refractivity contribution in [1.82, 2.24) is 34.9 Å². The van der Waals surface area contributed by atoms with Gasteiger partial charge in [-0.15, -0.1) is 6.42 Å². The lowest BCUT2D eigenvalue weighted by molar-refractivity contribution is 0.0834. The van der Waals surface area contributed by atoms with E-state index in [-0.39, 0.29) is 28.5 Å². The van der Waals surface area contributed by atoms with E-state index >= 15 is 4.39 Å². The largest absolute Gasteiger partial charge is 0.508 e. The Balaban J connectivity index is 1.08. The standard InChI is InChI=1S/C37H35FN8O2/c1-2-21-5-3-6-22-13-26(47)14-27(30(21)22)32-31(38)33-28(16-39-32)35(44-18-24-7-8-25(19-44)41-24)43-36(42-33)48-20-37-10-4-12-45(37)34-23(15-37)17-46-29(34)9-11-40-46/h1,3,5-6,9,11,13-14,16,23-25,34,41,47H,4,7-8,10,12,15,17-20H2/t23-,24-,25+,34-,37-/m1/s1. The number of benzene rings is 2. The first-order valence-corrected chi connectivity index (χ1v) is 17.0. The van der Waals surface area contributed by atoms with Crippen molar-refractivity contribution in [3.05, 3.63) is 65.9 Å². The quantitative estimate of drug-likeness (QED) is 0.262. The van der Waals surface area contributed by atoms with E-state index in [1.807, 2.05) is 24.4 Å². The predicted octanol–water partition coefficient (Wildman–Crippen LogP) is 4.80. The zero-order chi connectivity index (χ0) is 32.1. The van der Waals surface area contributed by atoms with Gasteiger partial charge in [0.05, 0.1) is 22.7 Å². The number of nitrogens with zero attached hydrogens (tertiary/aromatic N) is 7. The first kappa shape index (κ1) is 28.2. The number of rotatable bonds is 5. The van der Waals surface area contributed by atoms with Crippen molar-refractivity contribution in [2.24, 2.45) is 5.92 Å². The monoisotopic (exact) mass is 642 g/mol. The van der Waals surface area contributed by atoms with Gasteiger partial charge >= 0.3 is 6.01 Å². The van der Waals surface area contributed by atoms with Gasteiger partial charge in [0.1, 0.15) is 29.4 Å². The molecule has 0 saturated carbocycles. The first-order valence-electron chi connectivity index (χ1n) is 17.0. The van der Waals surface area contributed by atoms with Crippen LogP contribution < -0.4 is 15.0 Å². The first-order chi connectivity index (χ1) is 23.5. The summed E-state index contributed by atoms with van der Waals surface area (Å²) in [5, 5.41) is 20.8. The summed E-state index contributed by atoms with van der Waals surface area (Å²) in [7, 11) is 0. The van der Waals surface area contributed by atoms with E-state index < -0.39 is 5.82 Å².